The summed E-state index contributed by atoms with van der Waals surface area (Å²) >= 11 is 0. The SMILES string of the molecule is COc1ccc(CN=C(NCc2nnc(C)n2C)NC[C@H]2CCCN2CC(C)C)cc1. The fourth-order valence-electron chi connectivity index (χ4n) is 3.89. The molecule has 2 N–H and O–H groups in total. The summed E-state index contributed by atoms with van der Waals surface area (Å²) in [7, 11) is 3.66. The normalized spacial score (nSPS) is 17.4. The van der Waals surface area contributed by atoms with Crippen LogP contribution in [-0.2, 0) is 20.1 Å². The van der Waals surface area contributed by atoms with Crippen LogP contribution < -0.4 is 15.4 Å². The Morgan fingerprint density at radius 3 is 2.65 bits per heavy atom. The highest BCUT2D eigenvalue weighted by molar-refractivity contribution is 5.79. The maximum atomic E-state index is 5.25. The topological polar surface area (TPSA) is 79.6 Å². The van der Waals surface area contributed by atoms with Crippen LogP contribution in [0.4, 0.5) is 0 Å². The average Bonchev–Trinajstić information content (AvgIpc) is 3.33. The van der Waals surface area contributed by atoms with Crippen molar-refractivity contribution in [3.05, 3.63) is 41.5 Å². The van der Waals surface area contributed by atoms with E-state index in [9.17, 15) is 0 Å². The van der Waals surface area contributed by atoms with Crippen molar-refractivity contribution in [2.75, 3.05) is 26.7 Å². The second-order valence-corrected chi connectivity index (χ2v) is 8.65. The third-order valence-corrected chi connectivity index (χ3v) is 5.78. The van der Waals surface area contributed by atoms with Gasteiger partial charge >= 0.3 is 0 Å². The van der Waals surface area contributed by atoms with Crippen LogP contribution in [0.1, 0.15) is 43.9 Å². The van der Waals surface area contributed by atoms with Gasteiger partial charge in [-0.2, -0.15) is 0 Å². The third-order valence-electron chi connectivity index (χ3n) is 5.78. The Hall–Kier alpha value is -2.61. The standard InChI is InChI=1S/C23H37N7O/c1-17(2)16-30-12-6-7-20(30)14-25-23(26-15-22-28-27-18(3)29(22)4)24-13-19-8-10-21(31-5)11-9-19/h8-11,17,20H,6-7,12-16H2,1-5H3,(H2,24,25,26)/t20-/m1/s1. The number of methoxy groups -OCH3 is 1. The number of likely N-dealkylation sites (tertiary alicyclic amines) is 1. The van der Waals surface area contributed by atoms with Gasteiger partial charge < -0.3 is 19.9 Å². The average molecular weight is 428 g/mol. The van der Waals surface area contributed by atoms with Crippen molar-refractivity contribution < 1.29 is 4.74 Å². The number of ether oxygens (including phenoxy) is 1. The van der Waals surface area contributed by atoms with Gasteiger partial charge in [-0.25, -0.2) is 4.99 Å². The van der Waals surface area contributed by atoms with Crippen LogP contribution in [0.25, 0.3) is 0 Å². The molecule has 3 rings (SSSR count). The third kappa shape index (κ3) is 6.69. The molecule has 1 aromatic heterocycles. The van der Waals surface area contributed by atoms with Gasteiger partial charge in [0.25, 0.3) is 0 Å². The maximum Gasteiger partial charge on any atom is 0.192 e. The molecule has 0 amide bonds. The molecule has 1 aromatic carbocycles. The first kappa shape index (κ1) is 23.1. The number of nitrogens with one attached hydrogen (secondary N) is 2. The van der Waals surface area contributed by atoms with Crippen molar-refractivity contribution in [1.82, 2.24) is 30.3 Å². The zero-order valence-electron chi connectivity index (χ0n) is 19.6. The Morgan fingerprint density at radius 2 is 2.00 bits per heavy atom. The zero-order valence-corrected chi connectivity index (χ0v) is 19.6. The van der Waals surface area contributed by atoms with Crippen molar-refractivity contribution in [3.8, 4) is 5.75 Å². The first-order valence-corrected chi connectivity index (χ1v) is 11.2. The van der Waals surface area contributed by atoms with Crippen LogP contribution in [0.15, 0.2) is 29.3 Å². The molecule has 0 aliphatic carbocycles. The summed E-state index contributed by atoms with van der Waals surface area (Å²) in [5.74, 6) is 4.12. The molecule has 1 fully saturated rings. The minimum atomic E-state index is 0.549. The van der Waals surface area contributed by atoms with Crippen LogP contribution in [-0.4, -0.2) is 58.4 Å². The molecule has 0 saturated carbocycles. The number of aliphatic imine (C=N–C) groups is 1. The van der Waals surface area contributed by atoms with Crippen molar-refractivity contribution in [3.63, 3.8) is 0 Å². The summed E-state index contributed by atoms with van der Waals surface area (Å²) in [5, 5.41) is 15.4. The molecule has 1 saturated heterocycles. The van der Waals surface area contributed by atoms with Gasteiger partial charge in [-0.15, -0.1) is 10.2 Å². The molecular weight excluding hydrogens is 390 g/mol. The van der Waals surface area contributed by atoms with E-state index >= 15 is 0 Å². The Labute approximate surface area is 186 Å². The van der Waals surface area contributed by atoms with E-state index in [4.69, 9.17) is 9.73 Å². The van der Waals surface area contributed by atoms with Crippen LogP contribution in [0, 0.1) is 12.8 Å². The minimum absolute atomic E-state index is 0.549. The first-order valence-electron chi connectivity index (χ1n) is 11.2. The second kappa shape index (κ2) is 11.1. The van der Waals surface area contributed by atoms with E-state index in [1.54, 1.807) is 7.11 Å². The number of aromatic nitrogens is 3. The van der Waals surface area contributed by atoms with Gasteiger partial charge in [-0.3, -0.25) is 4.90 Å². The monoisotopic (exact) mass is 427 g/mol. The summed E-state index contributed by atoms with van der Waals surface area (Å²) in [4.78, 5) is 7.43. The van der Waals surface area contributed by atoms with Crippen molar-refractivity contribution in [2.24, 2.45) is 18.0 Å². The van der Waals surface area contributed by atoms with Gasteiger partial charge in [-0.05, 0) is 49.9 Å². The van der Waals surface area contributed by atoms with Crippen molar-refractivity contribution in [2.45, 2.75) is 52.7 Å². The van der Waals surface area contributed by atoms with E-state index in [1.807, 2.05) is 42.8 Å². The number of hydrogen-bond acceptors (Lipinski definition) is 5. The lowest BCUT2D eigenvalue weighted by molar-refractivity contribution is 0.226. The van der Waals surface area contributed by atoms with Crippen LogP contribution in [0.2, 0.25) is 0 Å². The maximum absolute atomic E-state index is 5.25. The lowest BCUT2D eigenvalue weighted by atomic mass is 10.1. The van der Waals surface area contributed by atoms with E-state index in [1.165, 1.54) is 19.4 Å². The van der Waals surface area contributed by atoms with Crippen LogP contribution in [0.3, 0.4) is 0 Å². The minimum Gasteiger partial charge on any atom is -0.497 e. The van der Waals surface area contributed by atoms with E-state index in [2.05, 4.69) is 39.6 Å². The van der Waals surface area contributed by atoms with Crippen molar-refractivity contribution in [1.29, 1.82) is 0 Å². The molecule has 8 nitrogen and oxygen atoms in total. The van der Waals surface area contributed by atoms with Gasteiger partial charge in [0.05, 0.1) is 20.2 Å². The Morgan fingerprint density at radius 1 is 1.23 bits per heavy atom. The van der Waals surface area contributed by atoms with E-state index in [-0.39, 0.29) is 0 Å². The Bertz CT molecular complexity index is 844. The van der Waals surface area contributed by atoms with E-state index in [0.29, 0.717) is 25.0 Å². The number of aryl methyl sites for hydroxylation is 1. The number of benzene rings is 1. The molecule has 1 aliphatic heterocycles. The highest BCUT2D eigenvalue weighted by Gasteiger charge is 2.24. The lowest BCUT2D eigenvalue weighted by Gasteiger charge is -2.27. The quantitative estimate of drug-likeness (QED) is 0.473. The Kier molecular flexibility index (Phi) is 8.28. The molecule has 8 heteroatoms. The molecule has 2 heterocycles. The fourth-order valence-corrected chi connectivity index (χ4v) is 3.89. The highest BCUT2D eigenvalue weighted by atomic mass is 16.5. The summed E-state index contributed by atoms with van der Waals surface area (Å²) in [6, 6.07) is 8.58. The lowest BCUT2D eigenvalue weighted by Crippen LogP contribution is -2.45. The van der Waals surface area contributed by atoms with Crippen LogP contribution >= 0.6 is 0 Å². The van der Waals surface area contributed by atoms with Gasteiger partial charge in [0, 0.05) is 26.2 Å². The zero-order chi connectivity index (χ0) is 22.2. The molecular formula is C23H37N7O. The largest absolute Gasteiger partial charge is 0.497 e. The van der Waals surface area contributed by atoms with Crippen molar-refractivity contribution >= 4 is 5.96 Å². The first-order chi connectivity index (χ1) is 15.0. The van der Waals surface area contributed by atoms with Gasteiger partial charge in [0.15, 0.2) is 11.8 Å². The number of guanidine groups is 1. The summed E-state index contributed by atoms with van der Waals surface area (Å²) in [6.07, 6.45) is 2.50. The predicted octanol–water partition coefficient (Wildman–Crippen LogP) is 2.49. The number of nitrogens with zero attached hydrogens (tertiary/aromatic N) is 5. The fraction of sp³-hybridized carbons (Fsp3) is 0.609. The second-order valence-electron chi connectivity index (χ2n) is 8.65. The smallest absolute Gasteiger partial charge is 0.192 e. The molecule has 0 bridgehead atoms. The summed E-state index contributed by atoms with van der Waals surface area (Å²) in [5.41, 5.74) is 1.14. The van der Waals surface area contributed by atoms with Gasteiger partial charge in [-0.1, -0.05) is 26.0 Å². The predicted molar refractivity (Wildman–Crippen MR) is 124 cm³/mol. The molecule has 0 unspecified atom stereocenters. The van der Waals surface area contributed by atoms with E-state index in [0.717, 1.165) is 42.0 Å². The summed E-state index contributed by atoms with van der Waals surface area (Å²) < 4.78 is 7.24. The molecule has 31 heavy (non-hydrogen) atoms. The Balaban J connectivity index is 1.64. The molecule has 0 spiro atoms. The molecule has 1 atom stereocenters. The number of hydrogen-bond donors (Lipinski definition) is 2. The number of rotatable bonds is 9. The molecule has 170 valence electrons. The van der Waals surface area contributed by atoms with Gasteiger partial charge in [0.2, 0.25) is 0 Å². The van der Waals surface area contributed by atoms with E-state index < -0.39 is 0 Å². The van der Waals surface area contributed by atoms with Crippen LogP contribution in [0.5, 0.6) is 5.75 Å². The highest BCUT2D eigenvalue weighted by Crippen LogP contribution is 2.18. The molecule has 0 radical (unpaired) electrons. The molecule has 1 aliphatic rings. The van der Waals surface area contributed by atoms with Gasteiger partial charge in [0.1, 0.15) is 11.6 Å². The summed E-state index contributed by atoms with van der Waals surface area (Å²) in [6.45, 7) is 10.9. The molecule has 2 aromatic rings.